The van der Waals surface area contributed by atoms with Crippen LogP contribution in [0.4, 0.5) is 0 Å². The third-order valence-electron chi connectivity index (χ3n) is 4.49. The quantitative estimate of drug-likeness (QED) is 0.277. The largest absolute Gasteiger partial charge is 0.462 e. The first-order valence-corrected chi connectivity index (χ1v) is 9.75. The maximum Gasteiger partial charge on any atom is 0.338 e. The van der Waals surface area contributed by atoms with Crippen molar-refractivity contribution in [1.29, 1.82) is 0 Å². The zero-order valence-electron chi connectivity index (χ0n) is 16.0. The van der Waals surface area contributed by atoms with Crippen molar-refractivity contribution in [1.82, 2.24) is 0 Å². The van der Waals surface area contributed by atoms with E-state index < -0.39 is 0 Å². The second-order valence-electron chi connectivity index (χ2n) is 6.51. The molecule has 138 valence electrons. The van der Waals surface area contributed by atoms with Crippen molar-refractivity contribution in [2.45, 2.75) is 51.9 Å². The molecule has 0 aliphatic heterocycles. The fourth-order valence-corrected chi connectivity index (χ4v) is 3.04. The van der Waals surface area contributed by atoms with E-state index in [0.29, 0.717) is 12.2 Å². The van der Waals surface area contributed by atoms with Crippen molar-refractivity contribution in [3.05, 3.63) is 83.4 Å². The van der Waals surface area contributed by atoms with Crippen molar-refractivity contribution >= 4 is 5.97 Å². The molecule has 0 saturated carbocycles. The molecular weight excluding hydrogens is 320 g/mol. The summed E-state index contributed by atoms with van der Waals surface area (Å²) in [5.41, 5.74) is 3.06. The van der Waals surface area contributed by atoms with Gasteiger partial charge in [-0.05, 0) is 43.0 Å². The number of rotatable bonds is 10. The number of allylic oxidation sites excluding steroid dienone is 2. The van der Waals surface area contributed by atoms with Crippen LogP contribution in [-0.2, 0) is 4.74 Å². The molecule has 0 bridgehead atoms. The Morgan fingerprint density at radius 2 is 1.62 bits per heavy atom. The lowest BCUT2D eigenvalue weighted by Gasteiger charge is -2.15. The van der Waals surface area contributed by atoms with Crippen LogP contribution in [0.3, 0.4) is 0 Å². The summed E-state index contributed by atoms with van der Waals surface area (Å²) in [6.45, 7) is 4.46. The lowest BCUT2D eigenvalue weighted by Crippen LogP contribution is -2.05. The van der Waals surface area contributed by atoms with Gasteiger partial charge < -0.3 is 4.74 Å². The molecule has 2 aromatic carbocycles. The Bertz CT molecular complexity index is 671. The SMILES string of the molecule is CCCCCC/C=C\C(c1ccccc1)c1ccc(C(=O)OCC)cc1. The molecule has 26 heavy (non-hydrogen) atoms. The third-order valence-corrected chi connectivity index (χ3v) is 4.49. The minimum absolute atomic E-state index is 0.207. The van der Waals surface area contributed by atoms with Gasteiger partial charge in [0.15, 0.2) is 0 Å². The fourth-order valence-electron chi connectivity index (χ4n) is 3.04. The van der Waals surface area contributed by atoms with Crippen LogP contribution in [0.5, 0.6) is 0 Å². The molecule has 0 heterocycles. The predicted octanol–water partition coefficient (Wildman–Crippen LogP) is 6.52. The molecule has 0 spiro atoms. The Morgan fingerprint density at radius 1 is 0.923 bits per heavy atom. The summed E-state index contributed by atoms with van der Waals surface area (Å²) in [4.78, 5) is 11.9. The molecule has 0 aromatic heterocycles. The van der Waals surface area contributed by atoms with Crippen molar-refractivity contribution < 1.29 is 9.53 Å². The van der Waals surface area contributed by atoms with E-state index in [1.165, 1.54) is 36.8 Å². The first kappa shape index (κ1) is 20.0. The van der Waals surface area contributed by atoms with Gasteiger partial charge in [0, 0.05) is 5.92 Å². The fraction of sp³-hybridized carbons (Fsp3) is 0.375. The topological polar surface area (TPSA) is 26.3 Å². The number of ether oxygens (including phenoxy) is 1. The second-order valence-corrected chi connectivity index (χ2v) is 6.51. The monoisotopic (exact) mass is 350 g/mol. The molecular formula is C24H30O2. The zero-order chi connectivity index (χ0) is 18.6. The average molecular weight is 351 g/mol. The van der Waals surface area contributed by atoms with Crippen LogP contribution >= 0.6 is 0 Å². The second kappa shape index (κ2) is 11.3. The Labute approximate surface area is 157 Å². The minimum Gasteiger partial charge on any atom is -0.462 e. The normalized spacial score (nSPS) is 12.2. The maximum atomic E-state index is 11.9. The van der Waals surface area contributed by atoms with Crippen molar-refractivity contribution in [3.63, 3.8) is 0 Å². The Balaban J connectivity index is 2.13. The van der Waals surface area contributed by atoms with Gasteiger partial charge in [-0.3, -0.25) is 0 Å². The van der Waals surface area contributed by atoms with E-state index in [0.717, 1.165) is 6.42 Å². The van der Waals surface area contributed by atoms with E-state index >= 15 is 0 Å². The number of carbonyl (C=O) groups excluding carboxylic acids is 1. The summed E-state index contributed by atoms with van der Waals surface area (Å²) in [6.07, 6.45) is 10.8. The van der Waals surface area contributed by atoms with Gasteiger partial charge in [-0.25, -0.2) is 4.79 Å². The lowest BCUT2D eigenvalue weighted by atomic mass is 9.90. The molecule has 0 aliphatic rings. The molecule has 2 rings (SSSR count). The van der Waals surface area contributed by atoms with Crippen molar-refractivity contribution in [2.75, 3.05) is 6.61 Å². The summed E-state index contributed by atoms with van der Waals surface area (Å²) < 4.78 is 5.07. The number of hydrogen-bond acceptors (Lipinski definition) is 2. The highest BCUT2D eigenvalue weighted by atomic mass is 16.5. The molecule has 0 amide bonds. The molecule has 0 aliphatic carbocycles. The Kier molecular flexibility index (Phi) is 8.68. The number of esters is 1. The summed E-state index contributed by atoms with van der Waals surface area (Å²) in [7, 11) is 0. The number of benzene rings is 2. The minimum atomic E-state index is -0.262. The van der Waals surface area contributed by atoms with Crippen LogP contribution in [0.1, 0.15) is 73.4 Å². The van der Waals surface area contributed by atoms with E-state index in [9.17, 15) is 4.79 Å². The van der Waals surface area contributed by atoms with Crippen LogP contribution in [0.15, 0.2) is 66.7 Å². The first-order valence-electron chi connectivity index (χ1n) is 9.75. The molecule has 2 aromatic rings. The van der Waals surface area contributed by atoms with Crippen molar-refractivity contribution in [3.8, 4) is 0 Å². The molecule has 0 N–H and O–H groups in total. The van der Waals surface area contributed by atoms with Crippen LogP contribution in [-0.4, -0.2) is 12.6 Å². The van der Waals surface area contributed by atoms with Crippen LogP contribution in [0, 0.1) is 0 Å². The van der Waals surface area contributed by atoms with Crippen molar-refractivity contribution in [2.24, 2.45) is 0 Å². The standard InChI is InChI=1S/C24H30O2/c1-3-5-6-7-8-12-15-23(20-13-10-9-11-14-20)21-16-18-22(19-17-21)24(25)26-4-2/h9-19,23H,3-8H2,1-2H3/b15-12-. The molecule has 1 unspecified atom stereocenters. The van der Waals surface area contributed by atoms with Gasteiger partial charge >= 0.3 is 5.97 Å². The van der Waals surface area contributed by atoms with Crippen LogP contribution in [0.2, 0.25) is 0 Å². The number of unbranched alkanes of at least 4 members (excludes halogenated alkanes) is 4. The van der Waals surface area contributed by atoms with E-state index in [-0.39, 0.29) is 11.9 Å². The van der Waals surface area contributed by atoms with E-state index in [1.807, 2.05) is 37.3 Å². The number of hydrogen-bond donors (Lipinski definition) is 0. The highest BCUT2D eigenvalue weighted by Crippen LogP contribution is 2.27. The van der Waals surface area contributed by atoms with Gasteiger partial charge in [0.2, 0.25) is 0 Å². The highest BCUT2D eigenvalue weighted by Gasteiger charge is 2.12. The maximum absolute atomic E-state index is 11.9. The lowest BCUT2D eigenvalue weighted by molar-refractivity contribution is 0.0526. The predicted molar refractivity (Wildman–Crippen MR) is 109 cm³/mol. The molecule has 2 heteroatoms. The highest BCUT2D eigenvalue weighted by molar-refractivity contribution is 5.89. The smallest absolute Gasteiger partial charge is 0.338 e. The van der Waals surface area contributed by atoms with Gasteiger partial charge in [-0.1, -0.05) is 80.8 Å². The molecule has 0 radical (unpaired) electrons. The number of carbonyl (C=O) groups is 1. The van der Waals surface area contributed by atoms with E-state index in [1.54, 1.807) is 0 Å². The summed E-state index contributed by atoms with van der Waals surface area (Å²) >= 11 is 0. The molecule has 2 nitrogen and oxygen atoms in total. The molecule has 0 saturated heterocycles. The van der Waals surface area contributed by atoms with Crippen LogP contribution in [0.25, 0.3) is 0 Å². The Morgan fingerprint density at radius 3 is 2.27 bits per heavy atom. The van der Waals surface area contributed by atoms with Crippen LogP contribution < -0.4 is 0 Å². The van der Waals surface area contributed by atoms with E-state index in [2.05, 4.69) is 43.3 Å². The third kappa shape index (κ3) is 6.18. The summed E-state index contributed by atoms with van der Waals surface area (Å²) in [6, 6.07) is 18.3. The Hall–Kier alpha value is -2.35. The summed E-state index contributed by atoms with van der Waals surface area (Å²) in [5.74, 6) is -0.0552. The zero-order valence-corrected chi connectivity index (χ0v) is 16.0. The van der Waals surface area contributed by atoms with Gasteiger partial charge in [0.05, 0.1) is 12.2 Å². The van der Waals surface area contributed by atoms with Gasteiger partial charge in [-0.2, -0.15) is 0 Å². The molecule has 1 atom stereocenters. The first-order chi connectivity index (χ1) is 12.8. The van der Waals surface area contributed by atoms with Gasteiger partial charge in [0.25, 0.3) is 0 Å². The average Bonchev–Trinajstić information content (AvgIpc) is 2.68. The van der Waals surface area contributed by atoms with E-state index in [4.69, 9.17) is 4.74 Å². The summed E-state index contributed by atoms with van der Waals surface area (Å²) in [5, 5.41) is 0. The molecule has 0 fully saturated rings. The van der Waals surface area contributed by atoms with Gasteiger partial charge in [-0.15, -0.1) is 0 Å². The van der Waals surface area contributed by atoms with Gasteiger partial charge in [0.1, 0.15) is 0 Å².